The maximum absolute atomic E-state index is 11.5. The van der Waals surface area contributed by atoms with Crippen molar-refractivity contribution < 1.29 is 9.59 Å². The van der Waals surface area contributed by atoms with Gasteiger partial charge in [-0.15, -0.1) is 0 Å². The molecule has 0 radical (unpaired) electrons. The minimum absolute atomic E-state index is 0.0204. The van der Waals surface area contributed by atoms with Crippen LogP contribution in [-0.4, -0.2) is 11.8 Å². The van der Waals surface area contributed by atoms with E-state index in [9.17, 15) is 9.59 Å². The van der Waals surface area contributed by atoms with E-state index in [4.69, 9.17) is 0 Å². The first-order valence-corrected chi connectivity index (χ1v) is 5.30. The Balaban J connectivity index is 2.06. The van der Waals surface area contributed by atoms with Gasteiger partial charge >= 0.3 is 0 Å². The molecule has 1 fully saturated rings. The number of carbonyl (C=O) groups is 2. The summed E-state index contributed by atoms with van der Waals surface area (Å²) in [6.07, 6.45) is 7.92. The second-order valence-corrected chi connectivity index (χ2v) is 4.03. The minimum atomic E-state index is -0.123. The van der Waals surface area contributed by atoms with E-state index in [1.54, 1.807) is 0 Å². The molecule has 2 aliphatic rings. The summed E-state index contributed by atoms with van der Waals surface area (Å²) in [5.74, 6) is -0.231. The molecule has 14 heavy (non-hydrogen) atoms. The zero-order chi connectivity index (χ0) is 9.97. The molecule has 1 atom stereocenters. The van der Waals surface area contributed by atoms with Crippen molar-refractivity contribution in [3.8, 4) is 0 Å². The number of hydrogen-bond acceptors (Lipinski definition) is 2. The highest BCUT2D eigenvalue weighted by Gasteiger charge is 2.29. The molecule has 1 aliphatic carbocycles. The van der Waals surface area contributed by atoms with E-state index in [-0.39, 0.29) is 17.7 Å². The van der Waals surface area contributed by atoms with Crippen LogP contribution in [0.3, 0.4) is 0 Å². The minimum Gasteiger partial charge on any atom is -0.296 e. The summed E-state index contributed by atoms with van der Waals surface area (Å²) in [7, 11) is 0. The molecule has 3 heteroatoms. The molecule has 1 aliphatic heterocycles. The lowest BCUT2D eigenvalue weighted by Crippen LogP contribution is -2.41. The van der Waals surface area contributed by atoms with Crippen LogP contribution < -0.4 is 5.32 Å². The SMILES string of the molecule is O=C1CCC(C2=CCCCC2)C(=O)N1. The number of hydrogen-bond donors (Lipinski definition) is 1. The topological polar surface area (TPSA) is 46.2 Å². The fraction of sp³-hybridized carbons (Fsp3) is 0.636. The summed E-state index contributed by atoms with van der Waals surface area (Å²) in [4.78, 5) is 22.5. The van der Waals surface area contributed by atoms with Gasteiger partial charge in [0.2, 0.25) is 11.8 Å². The van der Waals surface area contributed by atoms with E-state index >= 15 is 0 Å². The van der Waals surface area contributed by atoms with E-state index in [0.29, 0.717) is 12.8 Å². The molecule has 2 rings (SSSR count). The van der Waals surface area contributed by atoms with Gasteiger partial charge in [-0.1, -0.05) is 11.6 Å². The summed E-state index contributed by atoms with van der Waals surface area (Å²) in [6, 6.07) is 0. The summed E-state index contributed by atoms with van der Waals surface area (Å²) in [6.45, 7) is 0. The lowest BCUT2D eigenvalue weighted by Gasteiger charge is -2.25. The average Bonchev–Trinajstić information content (AvgIpc) is 2.19. The van der Waals surface area contributed by atoms with Crippen molar-refractivity contribution in [2.75, 3.05) is 0 Å². The van der Waals surface area contributed by atoms with Crippen molar-refractivity contribution in [3.63, 3.8) is 0 Å². The number of imide groups is 1. The van der Waals surface area contributed by atoms with E-state index < -0.39 is 0 Å². The first-order chi connectivity index (χ1) is 6.77. The lowest BCUT2D eigenvalue weighted by atomic mass is 9.84. The standard InChI is InChI=1S/C11H15NO2/c13-10-7-6-9(11(14)12-10)8-4-2-1-3-5-8/h4,9H,1-3,5-7H2,(H,12,13,14). The lowest BCUT2D eigenvalue weighted by molar-refractivity contribution is -0.135. The first-order valence-electron chi connectivity index (χ1n) is 5.30. The zero-order valence-corrected chi connectivity index (χ0v) is 8.21. The molecule has 0 saturated carbocycles. The van der Waals surface area contributed by atoms with Crippen molar-refractivity contribution >= 4 is 11.8 Å². The van der Waals surface area contributed by atoms with Crippen LogP contribution in [0.2, 0.25) is 0 Å². The highest BCUT2D eigenvalue weighted by molar-refractivity contribution is 5.99. The molecule has 0 bridgehead atoms. The Kier molecular flexibility index (Phi) is 2.66. The third-order valence-corrected chi connectivity index (χ3v) is 3.01. The van der Waals surface area contributed by atoms with Gasteiger partial charge in [-0.25, -0.2) is 0 Å². The molecule has 76 valence electrons. The summed E-state index contributed by atoms with van der Waals surface area (Å²) < 4.78 is 0. The predicted molar refractivity (Wildman–Crippen MR) is 52.4 cm³/mol. The predicted octanol–water partition coefficient (Wildman–Crippen LogP) is 1.54. The van der Waals surface area contributed by atoms with Gasteiger partial charge in [-0.3, -0.25) is 14.9 Å². The van der Waals surface area contributed by atoms with Crippen LogP contribution in [-0.2, 0) is 9.59 Å². The van der Waals surface area contributed by atoms with Crippen LogP contribution in [0.4, 0.5) is 0 Å². The molecule has 1 N–H and O–H groups in total. The Hall–Kier alpha value is -1.12. The van der Waals surface area contributed by atoms with Gasteiger partial charge in [0.05, 0.1) is 5.92 Å². The van der Waals surface area contributed by atoms with Crippen LogP contribution in [0.5, 0.6) is 0 Å². The van der Waals surface area contributed by atoms with Crippen molar-refractivity contribution in [2.45, 2.75) is 38.5 Å². The van der Waals surface area contributed by atoms with Crippen LogP contribution in [0, 0.1) is 5.92 Å². The largest absolute Gasteiger partial charge is 0.296 e. The van der Waals surface area contributed by atoms with Gasteiger partial charge < -0.3 is 0 Å². The second kappa shape index (κ2) is 3.95. The maximum Gasteiger partial charge on any atom is 0.233 e. The Labute approximate surface area is 83.6 Å². The number of rotatable bonds is 1. The van der Waals surface area contributed by atoms with Gasteiger partial charge in [-0.05, 0) is 32.1 Å². The first kappa shape index (κ1) is 9.44. The Morgan fingerprint density at radius 1 is 1.21 bits per heavy atom. The highest BCUT2D eigenvalue weighted by Crippen LogP contribution is 2.29. The molecular formula is C11H15NO2. The van der Waals surface area contributed by atoms with Gasteiger partial charge in [0.25, 0.3) is 0 Å². The molecule has 0 aromatic heterocycles. The Morgan fingerprint density at radius 2 is 2.07 bits per heavy atom. The number of allylic oxidation sites excluding steroid dienone is 1. The smallest absolute Gasteiger partial charge is 0.233 e. The fourth-order valence-electron chi connectivity index (χ4n) is 2.23. The van der Waals surface area contributed by atoms with Crippen LogP contribution in [0.1, 0.15) is 38.5 Å². The van der Waals surface area contributed by atoms with Crippen molar-refractivity contribution in [1.29, 1.82) is 0 Å². The quantitative estimate of drug-likeness (QED) is 0.507. The normalized spacial score (nSPS) is 28.3. The molecule has 0 spiro atoms. The number of nitrogens with one attached hydrogen (secondary N) is 1. The van der Waals surface area contributed by atoms with Crippen LogP contribution >= 0.6 is 0 Å². The molecular weight excluding hydrogens is 178 g/mol. The summed E-state index contributed by atoms with van der Waals surface area (Å²) in [5, 5.41) is 2.41. The molecule has 1 unspecified atom stereocenters. The number of carbonyl (C=O) groups excluding carboxylic acids is 2. The summed E-state index contributed by atoms with van der Waals surface area (Å²) in [5.41, 5.74) is 1.25. The van der Waals surface area contributed by atoms with Crippen LogP contribution in [0.25, 0.3) is 0 Å². The third kappa shape index (κ3) is 1.86. The molecule has 1 saturated heterocycles. The molecule has 3 nitrogen and oxygen atoms in total. The molecule has 2 amide bonds. The van der Waals surface area contributed by atoms with E-state index in [1.165, 1.54) is 18.4 Å². The van der Waals surface area contributed by atoms with Gasteiger partial charge in [0.15, 0.2) is 0 Å². The van der Waals surface area contributed by atoms with Gasteiger partial charge in [0, 0.05) is 6.42 Å². The fourth-order valence-corrected chi connectivity index (χ4v) is 2.23. The Bertz CT molecular complexity index is 294. The average molecular weight is 193 g/mol. The Morgan fingerprint density at radius 3 is 2.71 bits per heavy atom. The van der Waals surface area contributed by atoms with Crippen molar-refractivity contribution in [2.24, 2.45) is 5.92 Å². The summed E-state index contributed by atoms with van der Waals surface area (Å²) >= 11 is 0. The van der Waals surface area contributed by atoms with E-state index in [0.717, 1.165) is 12.8 Å². The number of amides is 2. The van der Waals surface area contributed by atoms with Gasteiger partial charge in [-0.2, -0.15) is 0 Å². The monoisotopic (exact) mass is 193 g/mol. The molecule has 0 aromatic carbocycles. The zero-order valence-electron chi connectivity index (χ0n) is 8.21. The highest BCUT2D eigenvalue weighted by atomic mass is 16.2. The molecule has 0 aromatic rings. The third-order valence-electron chi connectivity index (χ3n) is 3.01. The molecule has 1 heterocycles. The van der Waals surface area contributed by atoms with Crippen molar-refractivity contribution in [3.05, 3.63) is 11.6 Å². The van der Waals surface area contributed by atoms with Crippen molar-refractivity contribution in [1.82, 2.24) is 5.32 Å². The number of piperidine rings is 1. The van der Waals surface area contributed by atoms with Crippen LogP contribution in [0.15, 0.2) is 11.6 Å². The van der Waals surface area contributed by atoms with Gasteiger partial charge in [0.1, 0.15) is 0 Å². The van der Waals surface area contributed by atoms with E-state index in [1.807, 2.05) is 0 Å². The maximum atomic E-state index is 11.5. The van der Waals surface area contributed by atoms with E-state index in [2.05, 4.69) is 11.4 Å². The second-order valence-electron chi connectivity index (χ2n) is 4.03.